The highest BCUT2D eigenvalue weighted by Gasteiger charge is 2.54. The quantitative estimate of drug-likeness (QED) is 0.616. The van der Waals surface area contributed by atoms with Gasteiger partial charge in [0, 0.05) is 45.6 Å². The van der Waals surface area contributed by atoms with Gasteiger partial charge in [0.1, 0.15) is 5.82 Å². The molecule has 32 heavy (non-hydrogen) atoms. The fourth-order valence-electron chi connectivity index (χ4n) is 5.26. The van der Waals surface area contributed by atoms with E-state index in [2.05, 4.69) is 39.4 Å². The van der Waals surface area contributed by atoms with Crippen LogP contribution in [0.1, 0.15) is 29.3 Å². The normalized spacial score (nSPS) is 23.3. The van der Waals surface area contributed by atoms with E-state index in [4.69, 9.17) is 4.42 Å². The summed E-state index contributed by atoms with van der Waals surface area (Å²) in [4.78, 5) is 17.4. The Bertz CT molecular complexity index is 1100. The molecule has 6 nitrogen and oxygen atoms in total. The standard InChI is InChI=1S/C25H27FN4O2/c1-18-27-28-24(32-18)25-10-11-30(23(31)13-20-8-5-9-22(26)12-20)16-21(25)15-29(17-25)14-19-6-3-2-4-7-19/h2-9,12,21H,10-11,13-17H2,1H3/t21-,25+/m1/s1. The van der Waals surface area contributed by atoms with Gasteiger partial charge in [0.25, 0.3) is 0 Å². The lowest BCUT2D eigenvalue weighted by molar-refractivity contribution is -0.133. The van der Waals surface area contributed by atoms with Crippen LogP contribution in [0, 0.1) is 18.7 Å². The third-order valence-electron chi connectivity index (χ3n) is 6.83. The average molecular weight is 435 g/mol. The summed E-state index contributed by atoms with van der Waals surface area (Å²) in [5.74, 6) is 1.18. The predicted octanol–water partition coefficient (Wildman–Crippen LogP) is 3.36. The first-order valence-corrected chi connectivity index (χ1v) is 11.1. The van der Waals surface area contributed by atoms with Gasteiger partial charge in [0.15, 0.2) is 0 Å². The van der Waals surface area contributed by atoms with Gasteiger partial charge in [0.05, 0.1) is 11.8 Å². The number of hydrogen-bond donors (Lipinski definition) is 0. The number of piperidine rings is 1. The number of aromatic nitrogens is 2. The molecule has 0 unspecified atom stereocenters. The molecule has 5 rings (SSSR count). The number of hydrogen-bond acceptors (Lipinski definition) is 5. The van der Waals surface area contributed by atoms with E-state index in [-0.39, 0.29) is 29.5 Å². The maximum atomic E-state index is 13.5. The summed E-state index contributed by atoms with van der Waals surface area (Å²) in [6, 6.07) is 16.7. The van der Waals surface area contributed by atoms with E-state index >= 15 is 0 Å². The van der Waals surface area contributed by atoms with E-state index in [1.54, 1.807) is 12.1 Å². The molecule has 0 spiro atoms. The van der Waals surface area contributed by atoms with Crippen LogP contribution in [0.15, 0.2) is 59.0 Å². The van der Waals surface area contributed by atoms with Crippen LogP contribution in [0.2, 0.25) is 0 Å². The minimum atomic E-state index is -0.313. The maximum Gasteiger partial charge on any atom is 0.227 e. The number of nitrogens with zero attached hydrogens (tertiary/aromatic N) is 4. The number of likely N-dealkylation sites (tertiary alicyclic amines) is 2. The van der Waals surface area contributed by atoms with Crippen LogP contribution < -0.4 is 0 Å². The Kier molecular flexibility index (Phi) is 5.51. The highest BCUT2D eigenvalue weighted by molar-refractivity contribution is 5.79. The number of fused-ring (bicyclic) bond motifs is 1. The highest BCUT2D eigenvalue weighted by atomic mass is 19.1. The van der Waals surface area contributed by atoms with Crippen LogP contribution in [0.5, 0.6) is 0 Å². The molecule has 166 valence electrons. The molecule has 0 bridgehead atoms. The Morgan fingerprint density at radius 3 is 2.69 bits per heavy atom. The molecule has 2 saturated heterocycles. The largest absolute Gasteiger partial charge is 0.425 e. The van der Waals surface area contributed by atoms with Crippen LogP contribution in [-0.2, 0) is 23.2 Å². The van der Waals surface area contributed by atoms with E-state index in [1.807, 2.05) is 17.9 Å². The van der Waals surface area contributed by atoms with Crippen molar-refractivity contribution in [2.75, 3.05) is 26.2 Å². The number of aryl methyl sites for hydroxylation is 1. The van der Waals surface area contributed by atoms with Crippen molar-refractivity contribution >= 4 is 5.91 Å². The zero-order chi connectivity index (χ0) is 22.1. The monoisotopic (exact) mass is 434 g/mol. The summed E-state index contributed by atoms with van der Waals surface area (Å²) in [6.07, 6.45) is 0.990. The molecule has 2 atom stereocenters. The van der Waals surface area contributed by atoms with Crippen LogP contribution in [-0.4, -0.2) is 52.1 Å². The average Bonchev–Trinajstić information content (AvgIpc) is 3.38. The molecule has 1 amide bonds. The fraction of sp³-hybridized carbons (Fsp3) is 0.400. The zero-order valence-corrected chi connectivity index (χ0v) is 18.2. The van der Waals surface area contributed by atoms with Crippen LogP contribution in [0.3, 0.4) is 0 Å². The molecular formula is C25H27FN4O2. The number of rotatable bonds is 5. The summed E-state index contributed by atoms with van der Waals surface area (Å²) < 4.78 is 19.5. The van der Waals surface area contributed by atoms with Gasteiger partial charge in [-0.25, -0.2) is 4.39 Å². The molecule has 0 saturated carbocycles. The maximum absolute atomic E-state index is 13.5. The van der Waals surface area contributed by atoms with Crippen molar-refractivity contribution in [3.8, 4) is 0 Å². The minimum absolute atomic E-state index is 0.0346. The van der Waals surface area contributed by atoms with E-state index in [9.17, 15) is 9.18 Å². The number of carbonyl (C=O) groups excluding carboxylic acids is 1. The van der Waals surface area contributed by atoms with Gasteiger partial charge in [-0.05, 0) is 29.7 Å². The topological polar surface area (TPSA) is 62.5 Å². The van der Waals surface area contributed by atoms with Gasteiger partial charge < -0.3 is 9.32 Å². The van der Waals surface area contributed by atoms with Gasteiger partial charge in [-0.1, -0.05) is 42.5 Å². The third kappa shape index (κ3) is 4.05. The molecule has 2 aromatic carbocycles. The molecule has 3 aromatic rings. The lowest BCUT2D eigenvalue weighted by Gasteiger charge is -2.41. The second-order valence-corrected chi connectivity index (χ2v) is 9.03. The van der Waals surface area contributed by atoms with Crippen LogP contribution >= 0.6 is 0 Å². The second kappa shape index (κ2) is 8.47. The first-order chi connectivity index (χ1) is 15.5. The second-order valence-electron chi connectivity index (χ2n) is 9.03. The first kappa shape index (κ1) is 20.8. The third-order valence-corrected chi connectivity index (χ3v) is 6.83. The summed E-state index contributed by atoms with van der Waals surface area (Å²) in [6.45, 7) is 5.63. The van der Waals surface area contributed by atoms with Crippen molar-refractivity contribution in [2.24, 2.45) is 5.92 Å². The van der Waals surface area contributed by atoms with Crippen molar-refractivity contribution in [3.63, 3.8) is 0 Å². The molecule has 0 N–H and O–H groups in total. The Labute approximate surface area is 187 Å². The smallest absolute Gasteiger partial charge is 0.227 e. The van der Waals surface area contributed by atoms with E-state index < -0.39 is 0 Å². The van der Waals surface area contributed by atoms with E-state index in [0.29, 0.717) is 30.4 Å². The van der Waals surface area contributed by atoms with E-state index in [1.165, 1.54) is 17.7 Å². The molecule has 7 heteroatoms. The van der Waals surface area contributed by atoms with Gasteiger partial charge in [-0.3, -0.25) is 9.69 Å². The van der Waals surface area contributed by atoms with Crippen molar-refractivity contribution in [2.45, 2.75) is 31.7 Å². The SMILES string of the molecule is Cc1nnc([C@]23CCN(C(=O)Cc4cccc(F)c4)C[C@H]2CN(Cc2ccccc2)C3)o1. The molecule has 2 aliphatic rings. The summed E-state index contributed by atoms with van der Waals surface area (Å²) >= 11 is 0. The van der Waals surface area contributed by atoms with Crippen molar-refractivity contribution in [1.82, 2.24) is 20.0 Å². The van der Waals surface area contributed by atoms with Crippen molar-refractivity contribution in [1.29, 1.82) is 0 Å². The van der Waals surface area contributed by atoms with Gasteiger partial charge >= 0.3 is 0 Å². The molecule has 0 radical (unpaired) electrons. The van der Waals surface area contributed by atoms with Crippen LogP contribution in [0.25, 0.3) is 0 Å². The van der Waals surface area contributed by atoms with Gasteiger partial charge in [0.2, 0.25) is 17.7 Å². The number of amides is 1. The van der Waals surface area contributed by atoms with Gasteiger partial charge in [-0.15, -0.1) is 10.2 Å². The molecule has 2 aliphatic heterocycles. The molecule has 0 aliphatic carbocycles. The highest BCUT2D eigenvalue weighted by Crippen LogP contribution is 2.45. The Hall–Kier alpha value is -3.06. The fourth-order valence-corrected chi connectivity index (χ4v) is 5.26. The Balaban J connectivity index is 1.35. The lowest BCUT2D eigenvalue weighted by Crippen LogP contribution is -2.51. The Morgan fingerprint density at radius 2 is 1.94 bits per heavy atom. The van der Waals surface area contributed by atoms with Gasteiger partial charge in [-0.2, -0.15) is 0 Å². The summed E-state index contributed by atoms with van der Waals surface area (Å²) in [7, 11) is 0. The zero-order valence-electron chi connectivity index (χ0n) is 18.2. The molecule has 1 aromatic heterocycles. The summed E-state index contributed by atoms with van der Waals surface area (Å²) in [5.41, 5.74) is 1.73. The molecule has 3 heterocycles. The number of carbonyl (C=O) groups is 1. The Morgan fingerprint density at radius 1 is 1.12 bits per heavy atom. The number of benzene rings is 2. The van der Waals surface area contributed by atoms with Crippen molar-refractivity contribution < 1.29 is 13.6 Å². The molecule has 2 fully saturated rings. The number of halogens is 1. The van der Waals surface area contributed by atoms with Crippen LogP contribution in [0.4, 0.5) is 4.39 Å². The van der Waals surface area contributed by atoms with E-state index in [0.717, 1.165) is 26.1 Å². The van der Waals surface area contributed by atoms with Crippen molar-refractivity contribution in [3.05, 3.63) is 83.3 Å². The first-order valence-electron chi connectivity index (χ1n) is 11.1. The minimum Gasteiger partial charge on any atom is -0.425 e. The predicted molar refractivity (Wildman–Crippen MR) is 117 cm³/mol. The lowest BCUT2D eigenvalue weighted by atomic mass is 9.72. The molecular weight excluding hydrogens is 407 g/mol. The summed E-state index contributed by atoms with van der Waals surface area (Å²) in [5, 5.41) is 8.50.